The first-order valence-electron chi connectivity index (χ1n) is 11.6. The lowest BCUT2D eigenvalue weighted by atomic mass is 9.86. The molecule has 1 aliphatic carbocycles. The van der Waals surface area contributed by atoms with E-state index >= 15 is 0 Å². The fourth-order valence-corrected chi connectivity index (χ4v) is 4.62. The standard InChI is InChI=1S/C26H33N5O2/c1-16-13-17(2)23(32)21(14-16)25(33)27-15-18-9-11-19(12-10-18)28-26-29-22-8-6-5-7-20(22)24(30-26)31(3)4/h5-8,13-14,18-19,32H,9-12,15H2,1-4H3,(H,27,33)(H,28,29,30). The zero-order chi connectivity index (χ0) is 23.5. The number of hydrogen-bond donors (Lipinski definition) is 3. The molecule has 0 spiro atoms. The van der Waals surface area contributed by atoms with Crippen molar-refractivity contribution in [1.82, 2.24) is 15.3 Å². The van der Waals surface area contributed by atoms with Gasteiger partial charge in [-0.2, -0.15) is 4.98 Å². The number of aryl methyl sites for hydroxylation is 2. The second-order valence-electron chi connectivity index (χ2n) is 9.33. The van der Waals surface area contributed by atoms with E-state index in [2.05, 4.69) is 10.6 Å². The van der Waals surface area contributed by atoms with E-state index < -0.39 is 0 Å². The Morgan fingerprint density at radius 3 is 2.55 bits per heavy atom. The summed E-state index contributed by atoms with van der Waals surface area (Å²) in [5.41, 5.74) is 2.98. The molecular weight excluding hydrogens is 414 g/mol. The molecule has 0 radical (unpaired) electrons. The first-order chi connectivity index (χ1) is 15.8. The topological polar surface area (TPSA) is 90.4 Å². The number of rotatable bonds is 6. The molecule has 2 aromatic carbocycles. The maximum Gasteiger partial charge on any atom is 0.255 e. The number of amides is 1. The number of aromatic hydroxyl groups is 1. The highest BCUT2D eigenvalue weighted by Crippen LogP contribution is 2.29. The average molecular weight is 448 g/mol. The third-order valence-electron chi connectivity index (χ3n) is 6.43. The van der Waals surface area contributed by atoms with Crippen LogP contribution >= 0.6 is 0 Å². The molecule has 3 aromatic rings. The molecule has 0 bridgehead atoms. The molecule has 174 valence electrons. The summed E-state index contributed by atoms with van der Waals surface area (Å²) in [6.45, 7) is 4.36. The molecule has 33 heavy (non-hydrogen) atoms. The van der Waals surface area contributed by atoms with E-state index in [1.807, 2.05) is 63.2 Å². The van der Waals surface area contributed by atoms with Crippen LogP contribution in [0.15, 0.2) is 36.4 Å². The Kier molecular flexibility index (Phi) is 6.67. The highest BCUT2D eigenvalue weighted by atomic mass is 16.3. The first kappa shape index (κ1) is 22.8. The van der Waals surface area contributed by atoms with Crippen molar-refractivity contribution in [3.8, 4) is 5.75 Å². The van der Waals surface area contributed by atoms with Crippen LogP contribution in [0.3, 0.4) is 0 Å². The third kappa shape index (κ3) is 5.18. The van der Waals surface area contributed by atoms with E-state index in [-0.39, 0.29) is 11.7 Å². The molecule has 3 N–H and O–H groups in total. The minimum absolute atomic E-state index is 0.0680. The second kappa shape index (κ2) is 9.65. The Labute approximate surface area is 195 Å². The van der Waals surface area contributed by atoms with Gasteiger partial charge in [0.1, 0.15) is 11.6 Å². The van der Waals surface area contributed by atoms with Crippen LogP contribution in [0.25, 0.3) is 10.9 Å². The predicted octanol–water partition coefficient (Wildman–Crippen LogP) is 4.42. The number of fused-ring (bicyclic) bond motifs is 1. The summed E-state index contributed by atoms with van der Waals surface area (Å²) < 4.78 is 0. The van der Waals surface area contributed by atoms with Gasteiger partial charge in [0.05, 0.1) is 11.1 Å². The molecule has 0 unspecified atom stereocenters. The summed E-state index contributed by atoms with van der Waals surface area (Å²) in [4.78, 5) is 24.1. The van der Waals surface area contributed by atoms with E-state index in [9.17, 15) is 9.90 Å². The predicted molar refractivity (Wildman–Crippen MR) is 133 cm³/mol. The number of carbonyl (C=O) groups is 1. The molecule has 1 heterocycles. The Hall–Kier alpha value is -3.35. The lowest BCUT2D eigenvalue weighted by Gasteiger charge is -2.29. The van der Waals surface area contributed by atoms with Gasteiger partial charge in [-0.1, -0.05) is 18.2 Å². The van der Waals surface area contributed by atoms with Crippen LogP contribution in [0.1, 0.15) is 47.2 Å². The van der Waals surface area contributed by atoms with E-state index in [4.69, 9.17) is 9.97 Å². The van der Waals surface area contributed by atoms with E-state index in [1.54, 1.807) is 6.07 Å². The minimum atomic E-state index is -0.208. The zero-order valence-corrected chi connectivity index (χ0v) is 19.9. The van der Waals surface area contributed by atoms with Gasteiger partial charge >= 0.3 is 0 Å². The van der Waals surface area contributed by atoms with Crippen LogP contribution in [0.2, 0.25) is 0 Å². The Morgan fingerprint density at radius 2 is 1.82 bits per heavy atom. The van der Waals surface area contributed by atoms with Crippen molar-refractivity contribution in [3.05, 3.63) is 53.1 Å². The molecule has 1 saturated carbocycles. The number of anilines is 2. The van der Waals surface area contributed by atoms with Gasteiger partial charge in [-0.15, -0.1) is 0 Å². The van der Waals surface area contributed by atoms with Crippen molar-refractivity contribution in [1.29, 1.82) is 0 Å². The van der Waals surface area contributed by atoms with Gasteiger partial charge in [0.15, 0.2) is 0 Å². The van der Waals surface area contributed by atoms with Crippen LogP contribution in [0.4, 0.5) is 11.8 Å². The molecule has 4 rings (SSSR count). The van der Waals surface area contributed by atoms with Gasteiger partial charge < -0.3 is 20.6 Å². The maximum atomic E-state index is 12.6. The maximum absolute atomic E-state index is 12.6. The average Bonchev–Trinajstić information content (AvgIpc) is 2.80. The summed E-state index contributed by atoms with van der Waals surface area (Å²) in [7, 11) is 3.99. The summed E-state index contributed by atoms with van der Waals surface area (Å²) in [5, 5.41) is 17.8. The van der Waals surface area contributed by atoms with Crippen LogP contribution in [0.5, 0.6) is 5.75 Å². The lowest BCUT2D eigenvalue weighted by Crippen LogP contribution is -2.34. The van der Waals surface area contributed by atoms with Crippen LogP contribution < -0.4 is 15.5 Å². The van der Waals surface area contributed by atoms with Crippen LogP contribution in [0, 0.1) is 19.8 Å². The summed E-state index contributed by atoms with van der Waals surface area (Å²) in [5.74, 6) is 1.86. The highest BCUT2D eigenvalue weighted by molar-refractivity contribution is 5.97. The van der Waals surface area contributed by atoms with Gasteiger partial charge in [-0.3, -0.25) is 4.79 Å². The number of benzene rings is 2. The van der Waals surface area contributed by atoms with Crippen molar-refractivity contribution < 1.29 is 9.90 Å². The molecule has 7 heteroatoms. The van der Waals surface area contributed by atoms with Crippen molar-refractivity contribution in [3.63, 3.8) is 0 Å². The zero-order valence-electron chi connectivity index (χ0n) is 19.9. The van der Waals surface area contributed by atoms with E-state index in [0.717, 1.165) is 53.5 Å². The normalized spacial score (nSPS) is 18.2. The number of phenols is 1. The van der Waals surface area contributed by atoms with E-state index in [0.29, 0.717) is 30.0 Å². The smallest absolute Gasteiger partial charge is 0.255 e. The molecule has 0 saturated heterocycles. The fourth-order valence-electron chi connectivity index (χ4n) is 4.62. The highest BCUT2D eigenvalue weighted by Gasteiger charge is 2.23. The Balaban J connectivity index is 1.33. The quantitative estimate of drug-likeness (QED) is 0.518. The van der Waals surface area contributed by atoms with Crippen molar-refractivity contribution in [2.75, 3.05) is 30.9 Å². The Morgan fingerprint density at radius 1 is 1.09 bits per heavy atom. The number of phenolic OH excluding ortho intramolecular Hbond substituents is 1. The number of nitrogens with zero attached hydrogens (tertiary/aromatic N) is 3. The van der Waals surface area contributed by atoms with Crippen molar-refractivity contribution >= 4 is 28.6 Å². The summed E-state index contributed by atoms with van der Waals surface area (Å²) in [6.07, 6.45) is 4.04. The van der Waals surface area contributed by atoms with Gasteiger partial charge in [-0.05, 0) is 74.8 Å². The van der Waals surface area contributed by atoms with Gasteiger partial charge in [-0.25, -0.2) is 4.98 Å². The lowest BCUT2D eigenvalue weighted by molar-refractivity contribution is 0.0940. The first-order valence-corrected chi connectivity index (χ1v) is 11.6. The number of para-hydroxylation sites is 1. The molecule has 1 aliphatic rings. The summed E-state index contributed by atoms with van der Waals surface area (Å²) >= 11 is 0. The van der Waals surface area contributed by atoms with Gasteiger partial charge in [0.25, 0.3) is 5.91 Å². The molecule has 1 fully saturated rings. The van der Waals surface area contributed by atoms with E-state index in [1.165, 1.54) is 0 Å². The van der Waals surface area contributed by atoms with Gasteiger partial charge in [0, 0.05) is 32.1 Å². The molecule has 1 amide bonds. The molecule has 0 aliphatic heterocycles. The SMILES string of the molecule is Cc1cc(C)c(O)c(C(=O)NCC2CCC(Nc3nc(N(C)C)c4ccccc4n3)CC2)c1. The Bertz CT molecular complexity index is 1150. The monoisotopic (exact) mass is 447 g/mol. The number of hydrogen-bond acceptors (Lipinski definition) is 6. The third-order valence-corrected chi connectivity index (χ3v) is 6.43. The van der Waals surface area contributed by atoms with Gasteiger partial charge in [0.2, 0.25) is 5.95 Å². The molecule has 1 aromatic heterocycles. The van der Waals surface area contributed by atoms with Crippen LogP contribution in [-0.4, -0.2) is 47.7 Å². The number of aromatic nitrogens is 2. The largest absolute Gasteiger partial charge is 0.507 e. The fraction of sp³-hybridized carbons (Fsp3) is 0.423. The minimum Gasteiger partial charge on any atom is -0.507 e. The van der Waals surface area contributed by atoms with Crippen LogP contribution in [-0.2, 0) is 0 Å². The second-order valence-corrected chi connectivity index (χ2v) is 9.33. The molecular formula is C26H33N5O2. The molecule has 7 nitrogen and oxygen atoms in total. The van der Waals surface area contributed by atoms with Crippen molar-refractivity contribution in [2.45, 2.75) is 45.6 Å². The number of carbonyl (C=O) groups excluding carboxylic acids is 1. The molecule has 0 atom stereocenters. The number of nitrogens with one attached hydrogen (secondary N) is 2. The van der Waals surface area contributed by atoms with Crippen molar-refractivity contribution in [2.24, 2.45) is 5.92 Å². The summed E-state index contributed by atoms with van der Waals surface area (Å²) in [6, 6.07) is 12.0.